The van der Waals surface area contributed by atoms with Crippen molar-refractivity contribution in [3.8, 4) is 6.01 Å². The lowest BCUT2D eigenvalue weighted by Gasteiger charge is -2.32. The van der Waals surface area contributed by atoms with E-state index in [1.807, 2.05) is 0 Å². The Morgan fingerprint density at radius 3 is 2.86 bits per heavy atom. The summed E-state index contributed by atoms with van der Waals surface area (Å²) in [7, 11) is 0. The number of halogens is 1. The minimum absolute atomic E-state index is 0.0156. The number of likely N-dealkylation sites (tertiary alicyclic amines) is 1. The predicted molar refractivity (Wildman–Crippen MR) is 83.5 cm³/mol. The molecule has 2 aromatic heterocycles. The van der Waals surface area contributed by atoms with Crippen LogP contribution in [0.5, 0.6) is 6.01 Å². The first-order chi connectivity index (χ1) is 10.7. The third-order valence-corrected chi connectivity index (χ3v) is 3.85. The number of aromatic nitrogens is 3. The Balaban J connectivity index is 1.64. The SMILES string of the molecule is O=C(c1cccnc1)N1CCCC(Oc2ncc(Br)cn2)C1. The Hall–Kier alpha value is -2.02. The van der Waals surface area contributed by atoms with Gasteiger partial charge in [-0.25, -0.2) is 9.97 Å². The summed E-state index contributed by atoms with van der Waals surface area (Å²) in [5.74, 6) is -0.0156. The average Bonchev–Trinajstić information content (AvgIpc) is 2.57. The molecule has 6 nitrogen and oxygen atoms in total. The summed E-state index contributed by atoms with van der Waals surface area (Å²) in [6.07, 6.45) is 8.22. The van der Waals surface area contributed by atoms with E-state index in [1.54, 1.807) is 41.8 Å². The van der Waals surface area contributed by atoms with E-state index < -0.39 is 0 Å². The number of hydrogen-bond donors (Lipinski definition) is 0. The smallest absolute Gasteiger partial charge is 0.316 e. The van der Waals surface area contributed by atoms with Crippen molar-refractivity contribution in [2.24, 2.45) is 0 Å². The summed E-state index contributed by atoms with van der Waals surface area (Å²) < 4.78 is 6.58. The Bertz CT molecular complexity index is 636. The second kappa shape index (κ2) is 6.83. The minimum Gasteiger partial charge on any atom is -0.458 e. The van der Waals surface area contributed by atoms with Gasteiger partial charge in [0, 0.05) is 31.3 Å². The predicted octanol–water partition coefficient (Wildman–Crippen LogP) is 2.32. The molecule has 0 bridgehead atoms. The fraction of sp³-hybridized carbons (Fsp3) is 0.333. The van der Waals surface area contributed by atoms with Crippen LogP contribution in [-0.2, 0) is 0 Å². The minimum atomic E-state index is -0.0875. The second-order valence-electron chi connectivity index (χ2n) is 5.06. The summed E-state index contributed by atoms with van der Waals surface area (Å²) in [5, 5.41) is 0. The normalized spacial score (nSPS) is 18.0. The summed E-state index contributed by atoms with van der Waals surface area (Å²) in [6.45, 7) is 1.27. The molecule has 0 saturated carbocycles. The number of carbonyl (C=O) groups excluding carboxylic acids is 1. The highest BCUT2D eigenvalue weighted by molar-refractivity contribution is 9.10. The molecular formula is C15H15BrN4O2. The number of carbonyl (C=O) groups is 1. The van der Waals surface area contributed by atoms with Gasteiger partial charge in [-0.2, -0.15) is 0 Å². The van der Waals surface area contributed by atoms with Crippen LogP contribution >= 0.6 is 15.9 Å². The Labute approximate surface area is 136 Å². The van der Waals surface area contributed by atoms with Crippen LogP contribution in [0.15, 0.2) is 41.4 Å². The highest BCUT2D eigenvalue weighted by Crippen LogP contribution is 2.18. The number of pyridine rings is 1. The highest BCUT2D eigenvalue weighted by atomic mass is 79.9. The summed E-state index contributed by atoms with van der Waals surface area (Å²) in [4.78, 5) is 26.4. The molecule has 1 atom stereocenters. The Kier molecular flexibility index (Phi) is 4.62. The van der Waals surface area contributed by atoms with Crippen LogP contribution in [0.1, 0.15) is 23.2 Å². The molecule has 22 heavy (non-hydrogen) atoms. The fourth-order valence-corrected chi connectivity index (χ4v) is 2.61. The maximum absolute atomic E-state index is 12.4. The number of piperidine rings is 1. The van der Waals surface area contributed by atoms with Crippen molar-refractivity contribution in [1.29, 1.82) is 0 Å². The van der Waals surface area contributed by atoms with Gasteiger partial charge in [0.15, 0.2) is 0 Å². The van der Waals surface area contributed by atoms with Gasteiger partial charge in [-0.05, 0) is 40.9 Å². The monoisotopic (exact) mass is 362 g/mol. The lowest BCUT2D eigenvalue weighted by Crippen LogP contribution is -2.44. The van der Waals surface area contributed by atoms with E-state index in [4.69, 9.17) is 4.74 Å². The Morgan fingerprint density at radius 2 is 2.14 bits per heavy atom. The van der Waals surface area contributed by atoms with Gasteiger partial charge in [-0.1, -0.05) is 0 Å². The van der Waals surface area contributed by atoms with Crippen molar-refractivity contribution < 1.29 is 9.53 Å². The van der Waals surface area contributed by atoms with Gasteiger partial charge in [0.05, 0.1) is 16.6 Å². The first-order valence-corrected chi connectivity index (χ1v) is 7.85. The quantitative estimate of drug-likeness (QED) is 0.837. The molecule has 1 aliphatic rings. The number of rotatable bonds is 3. The molecular weight excluding hydrogens is 348 g/mol. The van der Waals surface area contributed by atoms with E-state index in [2.05, 4.69) is 30.9 Å². The lowest BCUT2D eigenvalue weighted by atomic mass is 10.1. The van der Waals surface area contributed by atoms with Crippen LogP contribution in [0.25, 0.3) is 0 Å². The van der Waals surface area contributed by atoms with E-state index in [0.29, 0.717) is 18.1 Å². The van der Waals surface area contributed by atoms with E-state index in [-0.39, 0.29) is 12.0 Å². The number of ether oxygens (including phenoxy) is 1. The maximum Gasteiger partial charge on any atom is 0.316 e. The van der Waals surface area contributed by atoms with Gasteiger partial charge in [0.1, 0.15) is 6.10 Å². The van der Waals surface area contributed by atoms with Crippen LogP contribution in [0.3, 0.4) is 0 Å². The maximum atomic E-state index is 12.4. The fourth-order valence-electron chi connectivity index (χ4n) is 2.40. The first-order valence-electron chi connectivity index (χ1n) is 7.06. The van der Waals surface area contributed by atoms with Crippen LogP contribution < -0.4 is 4.74 Å². The van der Waals surface area contributed by atoms with Gasteiger partial charge in [-0.3, -0.25) is 9.78 Å². The van der Waals surface area contributed by atoms with Gasteiger partial charge >= 0.3 is 6.01 Å². The number of nitrogens with zero attached hydrogens (tertiary/aromatic N) is 4. The standard InChI is InChI=1S/C15H15BrN4O2/c16-12-8-18-15(19-9-12)22-13-4-2-6-20(10-13)14(21)11-3-1-5-17-7-11/h1,3,5,7-9,13H,2,4,6,10H2. The molecule has 1 saturated heterocycles. The topological polar surface area (TPSA) is 68.2 Å². The molecule has 0 aromatic carbocycles. The third-order valence-electron chi connectivity index (χ3n) is 3.44. The van der Waals surface area contributed by atoms with Gasteiger partial charge < -0.3 is 9.64 Å². The van der Waals surface area contributed by atoms with Gasteiger partial charge in [0.25, 0.3) is 5.91 Å². The average molecular weight is 363 g/mol. The van der Waals surface area contributed by atoms with Crippen molar-refractivity contribution in [1.82, 2.24) is 19.9 Å². The molecule has 0 spiro atoms. The number of hydrogen-bond acceptors (Lipinski definition) is 5. The van der Waals surface area contributed by atoms with Crippen molar-refractivity contribution in [3.05, 3.63) is 47.0 Å². The van der Waals surface area contributed by atoms with Gasteiger partial charge in [-0.15, -0.1) is 0 Å². The molecule has 7 heteroatoms. The van der Waals surface area contributed by atoms with E-state index in [9.17, 15) is 4.79 Å². The van der Waals surface area contributed by atoms with Crippen LogP contribution in [-0.4, -0.2) is 45.0 Å². The van der Waals surface area contributed by atoms with E-state index in [1.165, 1.54) is 0 Å². The van der Waals surface area contributed by atoms with E-state index in [0.717, 1.165) is 23.9 Å². The van der Waals surface area contributed by atoms with Crippen molar-refractivity contribution >= 4 is 21.8 Å². The summed E-state index contributed by atoms with van der Waals surface area (Å²) in [6, 6.07) is 3.88. The molecule has 114 valence electrons. The molecule has 3 heterocycles. The van der Waals surface area contributed by atoms with Crippen LogP contribution in [0, 0.1) is 0 Å². The molecule has 1 unspecified atom stereocenters. The van der Waals surface area contributed by atoms with Crippen molar-refractivity contribution in [2.75, 3.05) is 13.1 Å². The summed E-state index contributed by atoms with van der Waals surface area (Å²) >= 11 is 3.29. The molecule has 0 radical (unpaired) electrons. The lowest BCUT2D eigenvalue weighted by molar-refractivity contribution is 0.0515. The van der Waals surface area contributed by atoms with Gasteiger partial charge in [0.2, 0.25) is 0 Å². The molecule has 3 rings (SSSR count). The molecule has 2 aromatic rings. The number of amides is 1. The van der Waals surface area contributed by atoms with E-state index >= 15 is 0 Å². The zero-order chi connectivity index (χ0) is 15.4. The molecule has 1 aliphatic heterocycles. The zero-order valence-corrected chi connectivity index (χ0v) is 13.4. The largest absolute Gasteiger partial charge is 0.458 e. The Morgan fingerprint density at radius 1 is 1.32 bits per heavy atom. The van der Waals surface area contributed by atoms with Crippen LogP contribution in [0.2, 0.25) is 0 Å². The molecule has 1 fully saturated rings. The highest BCUT2D eigenvalue weighted by Gasteiger charge is 2.26. The second-order valence-corrected chi connectivity index (χ2v) is 5.97. The molecule has 0 aliphatic carbocycles. The van der Waals surface area contributed by atoms with Crippen LogP contribution in [0.4, 0.5) is 0 Å². The zero-order valence-electron chi connectivity index (χ0n) is 11.9. The first kappa shape index (κ1) is 14.9. The van der Waals surface area contributed by atoms with Crippen molar-refractivity contribution in [3.63, 3.8) is 0 Å². The third kappa shape index (κ3) is 3.59. The molecule has 1 amide bonds. The summed E-state index contributed by atoms with van der Waals surface area (Å²) in [5.41, 5.74) is 0.600. The molecule has 0 N–H and O–H groups in total. The van der Waals surface area contributed by atoms with Crippen molar-refractivity contribution in [2.45, 2.75) is 18.9 Å².